The predicted octanol–water partition coefficient (Wildman–Crippen LogP) is 2.72. The van der Waals surface area contributed by atoms with Crippen LogP contribution in [0.25, 0.3) is 0 Å². The topological polar surface area (TPSA) is 49.0 Å². The molecule has 0 bridgehead atoms. The van der Waals surface area contributed by atoms with E-state index in [0.29, 0.717) is 13.1 Å². The average molecular weight is 375 g/mol. The van der Waals surface area contributed by atoms with Crippen LogP contribution >= 0.6 is 0 Å². The molecule has 4 nitrogen and oxygen atoms in total. The van der Waals surface area contributed by atoms with Crippen LogP contribution in [0.2, 0.25) is 0 Å². The number of nitrogens with zero attached hydrogens (tertiary/aromatic N) is 1. The first-order chi connectivity index (χ1) is 13.6. The van der Waals surface area contributed by atoms with Gasteiger partial charge < -0.3 is 15.5 Å². The van der Waals surface area contributed by atoms with Crippen molar-refractivity contribution in [1.29, 1.82) is 0 Å². The van der Waals surface area contributed by atoms with Gasteiger partial charge in [-0.15, -0.1) is 0 Å². The Labute approximate surface area is 167 Å². The number of carbonyl (C=O) groups is 1. The van der Waals surface area contributed by atoms with Gasteiger partial charge in [-0.25, -0.2) is 0 Å². The summed E-state index contributed by atoms with van der Waals surface area (Å²) in [6.07, 6.45) is 0. The van der Waals surface area contributed by atoms with Crippen molar-refractivity contribution in [3.05, 3.63) is 102 Å². The average Bonchev–Trinajstić information content (AvgIpc) is 2.74. The normalized spacial score (nSPS) is 10.7. The van der Waals surface area contributed by atoms with E-state index in [-0.39, 0.29) is 11.9 Å². The number of benzene rings is 3. The Balaban J connectivity index is 1.58. The molecule has 1 amide bonds. The second-order valence-electron chi connectivity index (χ2n) is 7.08. The van der Waals surface area contributed by atoms with Gasteiger partial charge in [0.1, 0.15) is 6.04 Å². The van der Waals surface area contributed by atoms with E-state index in [1.807, 2.05) is 50.5 Å². The van der Waals surface area contributed by atoms with Crippen LogP contribution in [0.5, 0.6) is 0 Å². The van der Waals surface area contributed by atoms with Gasteiger partial charge in [-0.05, 0) is 17.7 Å². The minimum Gasteiger partial charge on any atom is -0.378 e. The lowest BCUT2D eigenvalue weighted by Crippen LogP contribution is -2.87. The van der Waals surface area contributed by atoms with Crippen LogP contribution in [0.4, 0.5) is 5.69 Å². The maximum absolute atomic E-state index is 12.4. The molecular weight excluding hydrogens is 346 g/mol. The number of hydrogen-bond acceptors (Lipinski definition) is 2. The van der Waals surface area contributed by atoms with Crippen molar-refractivity contribution < 1.29 is 10.1 Å². The highest BCUT2D eigenvalue weighted by molar-refractivity contribution is 5.76. The second kappa shape index (κ2) is 9.72. The van der Waals surface area contributed by atoms with Crippen molar-refractivity contribution in [2.75, 3.05) is 25.5 Å². The van der Waals surface area contributed by atoms with Crippen LogP contribution in [0.1, 0.15) is 22.7 Å². The van der Waals surface area contributed by atoms with Crippen LogP contribution < -0.4 is 15.5 Å². The summed E-state index contributed by atoms with van der Waals surface area (Å²) in [6.45, 7) is 0.923. The molecule has 3 N–H and O–H groups in total. The molecule has 0 saturated heterocycles. The standard InChI is InChI=1S/C24H27N3O/c1-27(2)22-15-13-19(14-16-22)17-25-23(28)18-26-24(20-9-5-3-6-10-20)21-11-7-4-8-12-21/h3-16,24,26H,17-18H2,1-2H3,(H,25,28)/p+1. The van der Waals surface area contributed by atoms with Crippen molar-refractivity contribution in [1.82, 2.24) is 5.32 Å². The van der Waals surface area contributed by atoms with Crippen LogP contribution in [-0.4, -0.2) is 26.5 Å². The molecule has 0 aromatic heterocycles. The lowest BCUT2D eigenvalue weighted by Gasteiger charge is -2.16. The van der Waals surface area contributed by atoms with Crippen LogP contribution in [0.3, 0.4) is 0 Å². The molecule has 0 heterocycles. The Morgan fingerprint density at radius 3 is 1.89 bits per heavy atom. The summed E-state index contributed by atoms with van der Waals surface area (Å²) in [5, 5.41) is 5.11. The number of quaternary nitrogens is 1. The predicted molar refractivity (Wildman–Crippen MR) is 114 cm³/mol. The second-order valence-corrected chi connectivity index (χ2v) is 7.08. The molecule has 0 aliphatic rings. The third kappa shape index (κ3) is 5.44. The third-order valence-electron chi connectivity index (χ3n) is 4.80. The number of rotatable bonds is 8. The van der Waals surface area contributed by atoms with Gasteiger partial charge in [0.15, 0.2) is 6.54 Å². The summed E-state index contributed by atoms with van der Waals surface area (Å²) in [6, 6.07) is 29.0. The molecule has 0 saturated carbocycles. The van der Waals surface area contributed by atoms with Gasteiger partial charge in [0.25, 0.3) is 5.91 Å². The maximum atomic E-state index is 12.4. The summed E-state index contributed by atoms with van der Waals surface area (Å²) >= 11 is 0. The summed E-state index contributed by atoms with van der Waals surface area (Å²) < 4.78 is 0. The number of anilines is 1. The first-order valence-corrected chi connectivity index (χ1v) is 9.59. The molecule has 0 atom stereocenters. The first kappa shape index (κ1) is 19.6. The lowest BCUT2D eigenvalue weighted by atomic mass is 9.99. The zero-order valence-corrected chi connectivity index (χ0v) is 16.5. The number of carbonyl (C=O) groups excluding carboxylic acids is 1. The van der Waals surface area contributed by atoms with Crippen LogP contribution in [-0.2, 0) is 11.3 Å². The van der Waals surface area contributed by atoms with Crippen molar-refractivity contribution in [3.63, 3.8) is 0 Å². The van der Waals surface area contributed by atoms with Gasteiger partial charge in [-0.2, -0.15) is 0 Å². The van der Waals surface area contributed by atoms with E-state index in [0.717, 1.165) is 11.3 Å². The molecule has 28 heavy (non-hydrogen) atoms. The van der Waals surface area contributed by atoms with Crippen molar-refractivity contribution in [2.45, 2.75) is 12.6 Å². The Morgan fingerprint density at radius 1 is 0.857 bits per heavy atom. The molecule has 0 radical (unpaired) electrons. The van der Waals surface area contributed by atoms with Gasteiger partial charge in [-0.1, -0.05) is 72.8 Å². The van der Waals surface area contributed by atoms with E-state index in [4.69, 9.17) is 0 Å². The fourth-order valence-electron chi connectivity index (χ4n) is 3.20. The Morgan fingerprint density at radius 2 is 1.39 bits per heavy atom. The molecule has 144 valence electrons. The summed E-state index contributed by atoms with van der Waals surface area (Å²) in [5.74, 6) is 0.0357. The summed E-state index contributed by atoms with van der Waals surface area (Å²) in [4.78, 5) is 14.5. The van der Waals surface area contributed by atoms with Gasteiger partial charge in [0.2, 0.25) is 0 Å². The molecule has 0 spiro atoms. The van der Waals surface area contributed by atoms with Crippen molar-refractivity contribution in [3.8, 4) is 0 Å². The smallest absolute Gasteiger partial charge is 0.275 e. The largest absolute Gasteiger partial charge is 0.378 e. The number of nitrogens with two attached hydrogens (primary N) is 1. The summed E-state index contributed by atoms with van der Waals surface area (Å²) in [7, 11) is 4.03. The molecule has 0 aliphatic carbocycles. The monoisotopic (exact) mass is 374 g/mol. The highest BCUT2D eigenvalue weighted by atomic mass is 16.1. The zero-order chi connectivity index (χ0) is 19.8. The minimum atomic E-state index is 0.0357. The van der Waals surface area contributed by atoms with E-state index >= 15 is 0 Å². The quantitative estimate of drug-likeness (QED) is 0.637. The van der Waals surface area contributed by atoms with Gasteiger partial charge in [0.05, 0.1) is 0 Å². The van der Waals surface area contributed by atoms with Crippen molar-refractivity contribution >= 4 is 11.6 Å². The lowest BCUT2D eigenvalue weighted by molar-refractivity contribution is -0.676. The molecule has 3 aromatic carbocycles. The fraction of sp³-hybridized carbons (Fsp3) is 0.208. The number of amides is 1. The molecule has 0 aliphatic heterocycles. The van der Waals surface area contributed by atoms with E-state index in [2.05, 4.69) is 64.1 Å². The van der Waals surface area contributed by atoms with E-state index in [1.54, 1.807) is 0 Å². The third-order valence-corrected chi connectivity index (χ3v) is 4.80. The Kier molecular flexibility index (Phi) is 6.82. The van der Waals surface area contributed by atoms with Gasteiger partial charge >= 0.3 is 0 Å². The highest BCUT2D eigenvalue weighted by Crippen LogP contribution is 2.17. The van der Waals surface area contributed by atoms with Gasteiger partial charge in [0, 0.05) is 37.5 Å². The van der Waals surface area contributed by atoms with E-state index < -0.39 is 0 Å². The van der Waals surface area contributed by atoms with Crippen molar-refractivity contribution in [2.24, 2.45) is 0 Å². The van der Waals surface area contributed by atoms with Gasteiger partial charge in [-0.3, -0.25) is 4.79 Å². The van der Waals surface area contributed by atoms with E-state index in [9.17, 15) is 4.79 Å². The van der Waals surface area contributed by atoms with Crippen LogP contribution in [0.15, 0.2) is 84.9 Å². The number of nitrogens with one attached hydrogen (secondary N) is 1. The highest BCUT2D eigenvalue weighted by Gasteiger charge is 2.18. The molecule has 3 aromatic rings. The molecule has 4 heteroatoms. The molecule has 0 unspecified atom stereocenters. The fourth-order valence-corrected chi connectivity index (χ4v) is 3.20. The maximum Gasteiger partial charge on any atom is 0.275 e. The molecule has 3 rings (SSSR count). The Hall–Kier alpha value is -3.11. The molecule has 0 fully saturated rings. The summed E-state index contributed by atoms with van der Waals surface area (Å²) in [5.41, 5.74) is 4.64. The SMILES string of the molecule is CN(C)c1ccc(CNC(=O)C[NH2+]C(c2ccccc2)c2ccccc2)cc1. The zero-order valence-electron chi connectivity index (χ0n) is 16.5. The minimum absolute atomic E-state index is 0.0357. The first-order valence-electron chi connectivity index (χ1n) is 9.59. The van der Waals surface area contributed by atoms with Crippen LogP contribution in [0, 0.1) is 0 Å². The Bertz CT molecular complexity index is 822. The number of hydrogen-bond donors (Lipinski definition) is 2. The van der Waals surface area contributed by atoms with E-state index in [1.165, 1.54) is 11.1 Å². The molecular formula is C24H28N3O+.